The number of rotatable bonds is 3. The van der Waals surface area contributed by atoms with Crippen molar-refractivity contribution in [3.05, 3.63) is 59.2 Å². The molecule has 2 aromatic carbocycles. The van der Waals surface area contributed by atoms with E-state index in [1.807, 2.05) is 49.1 Å². The number of amides is 1. The van der Waals surface area contributed by atoms with Crippen LogP contribution in [0.3, 0.4) is 0 Å². The molecule has 1 saturated heterocycles. The number of carbonyl (C=O) groups is 1. The number of ether oxygens (including phenoxy) is 1. The third-order valence-corrected chi connectivity index (χ3v) is 5.67. The number of carbonyl (C=O) groups excluding carboxylic acids is 1. The van der Waals surface area contributed by atoms with Crippen molar-refractivity contribution >= 4 is 27.5 Å². The van der Waals surface area contributed by atoms with E-state index in [4.69, 9.17) is 4.74 Å². The molecule has 1 fully saturated rings. The molecule has 0 unspecified atom stereocenters. The van der Waals surface area contributed by atoms with Crippen LogP contribution in [-0.2, 0) is 0 Å². The van der Waals surface area contributed by atoms with Gasteiger partial charge in [0.05, 0.1) is 10.2 Å². The fourth-order valence-electron chi connectivity index (χ4n) is 3.50. The fraction of sp³-hybridized carbons (Fsp3) is 0.333. The highest BCUT2D eigenvalue weighted by molar-refractivity contribution is 7.20. The molecule has 26 heavy (non-hydrogen) atoms. The van der Waals surface area contributed by atoms with Crippen LogP contribution in [0, 0.1) is 13.8 Å². The molecule has 134 valence electrons. The molecule has 5 heteroatoms. The monoisotopic (exact) mass is 366 g/mol. The number of benzene rings is 2. The van der Waals surface area contributed by atoms with Crippen LogP contribution in [-0.4, -0.2) is 35.0 Å². The molecule has 0 N–H and O–H groups in total. The number of hydrogen-bond donors (Lipinski definition) is 0. The first-order valence-corrected chi connectivity index (χ1v) is 9.80. The Hall–Kier alpha value is -2.40. The summed E-state index contributed by atoms with van der Waals surface area (Å²) in [6.45, 7) is 5.51. The molecule has 4 rings (SSSR count). The van der Waals surface area contributed by atoms with Crippen LogP contribution < -0.4 is 4.74 Å². The smallest absolute Gasteiger partial charge is 0.274 e. The van der Waals surface area contributed by atoms with E-state index in [0.717, 1.165) is 58.0 Å². The molecule has 0 radical (unpaired) electrons. The normalized spacial score (nSPS) is 15.4. The molecule has 1 amide bonds. The fourth-order valence-corrected chi connectivity index (χ4v) is 4.38. The summed E-state index contributed by atoms with van der Waals surface area (Å²) in [6, 6.07) is 14.1. The van der Waals surface area contributed by atoms with Gasteiger partial charge in [0.1, 0.15) is 6.10 Å². The summed E-state index contributed by atoms with van der Waals surface area (Å²) in [6.07, 6.45) is 1.80. The molecule has 0 spiro atoms. The highest BCUT2D eigenvalue weighted by Gasteiger charge is 2.25. The van der Waals surface area contributed by atoms with E-state index < -0.39 is 0 Å². The molecule has 1 aromatic heterocycles. The van der Waals surface area contributed by atoms with Gasteiger partial charge in [-0.15, -0.1) is 0 Å². The van der Waals surface area contributed by atoms with Gasteiger partial charge >= 0.3 is 0 Å². The first-order valence-electron chi connectivity index (χ1n) is 8.98. The number of likely N-dealkylation sites (tertiary alicyclic amines) is 1. The predicted molar refractivity (Wildman–Crippen MR) is 105 cm³/mol. The van der Waals surface area contributed by atoms with E-state index >= 15 is 0 Å². The zero-order chi connectivity index (χ0) is 18.1. The largest absolute Gasteiger partial charge is 0.467 e. The summed E-state index contributed by atoms with van der Waals surface area (Å²) in [4.78, 5) is 19.2. The molecule has 0 bridgehead atoms. The lowest BCUT2D eigenvalue weighted by Crippen LogP contribution is -2.41. The topological polar surface area (TPSA) is 42.4 Å². The van der Waals surface area contributed by atoms with Gasteiger partial charge in [-0.1, -0.05) is 40.7 Å². The van der Waals surface area contributed by atoms with Crippen LogP contribution in [0.15, 0.2) is 42.5 Å². The Bertz CT molecular complexity index is 889. The highest BCUT2D eigenvalue weighted by Crippen LogP contribution is 2.29. The van der Waals surface area contributed by atoms with Gasteiger partial charge in [0.15, 0.2) is 0 Å². The summed E-state index contributed by atoms with van der Waals surface area (Å²) in [7, 11) is 0. The van der Waals surface area contributed by atoms with Crippen LogP contribution >= 0.6 is 11.3 Å². The van der Waals surface area contributed by atoms with Crippen LogP contribution in [0.4, 0.5) is 0 Å². The Morgan fingerprint density at radius 3 is 2.50 bits per heavy atom. The minimum absolute atomic E-state index is 0.121. The lowest BCUT2D eigenvalue weighted by atomic mass is 10.0. The zero-order valence-electron chi connectivity index (χ0n) is 15.1. The Morgan fingerprint density at radius 2 is 1.81 bits per heavy atom. The van der Waals surface area contributed by atoms with Gasteiger partial charge < -0.3 is 9.64 Å². The molecule has 0 atom stereocenters. The number of aryl methyl sites for hydroxylation is 2. The maximum absolute atomic E-state index is 12.8. The maximum atomic E-state index is 12.8. The van der Waals surface area contributed by atoms with E-state index in [2.05, 4.69) is 17.1 Å². The van der Waals surface area contributed by atoms with Crippen LogP contribution in [0.5, 0.6) is 5.19 Å². The number of fused-ring (bicyclic) bond motifs is 1. The van der Waals surface area contributed by atoms with E-state index in [0.29, 0.717) is 0 Å². The van der Waals surface area contributed by atoms with E-state index in [9.17, 15) is 4.79 Å². The van der Waals surface area contributed by atoms with Crippen molar-refractivity contribution < 1.29 is 9.53 Å². The zero-order valence-corrected chi connectivity index (χ0v) is 15.9. The molecular weight excluding hydrogens is 344 g/mol. The van der Waals surface area contributed by atoms with E-state index in [1.165, 1.54) is 0 Å². The predicted octanol–water partition coefficient (Wildman–Crippen LogP) is 4.60. The second-order valence-corrected chi connectivity index (χ2v) is 7.93. The Kier molecular flexibility index (Phi) is 4.64. The quantitative estimate of drug-likeness (QED) is 0.680. The molecule has 0 saturated carbocycles. The third kappa shape index (κ3) is 3.58. The number of hydrogen-bond acceptors (Lipinski definition) is 4. The van der Waals surface area contributed by atoms with Gasteiger partial charge in [-0.2, -0.15) is 0 Å². The Morgan fingerprint density at radius 1 is 1.12 bits per heavy atom. The average Bonchev–Trinajstić information content (AvgIpc) is 3.03. The van der Waals surface area contributed by atoms with Crippen molar-refractivity contribution in [1.82, 2.24) is 9.88 Å². The average molecular weight is 366 g/mol. The lowest BCUT2D eigenvalue weighted by molar-refractivity contribution is 0.0595. The first kappa shape index (κ1) is 17.0. The lowest BCUT2D eigenvalue weighted by Gasteiger charge is -2.31. The van der Waals surface area contributed by atoms with Gasteiger partial charge in [0.25, 0.3) is 11.1 Å². The summed E-state index contributed by atoms with van der Waals surface area (Å²) in [5.74, 6) is 0.121. The molecular formula is C21H22N2O2S. The molecule has 2 heterocycles. The number of thiazole rings is 1. The Balaban J connectivity index is 1.38. The minimum Gasteiger partial charge on any atom is -0.467 e. The van der Waals surface area contributed by atoms with Crippen molar-refractivity contribution in [3.63, 3.8) is 0 Å². The van der Waals surface area contributed by atoms with Gasteiger partial charge in [-0.25, -0.2) is 4.98 Å². The van der Waals surface area contributed by atoms with Crippen molar-refractivity contribution in [1.29, 1.82) is 0 Å². The second kappa shape index (κ2) is 7.08. The van der Waals surface area contributed by atoms with E-state index in [1.54, 1.807) is 11.3 Å². The van der Waals surface area contributed by atoms with Gasteiger partial charge in [-0.3, -0.25) is 4.79 Å². The van der Waals surface area contributed by atoms with Gasteiger partial charge in [0, 0.05) is 31.5 Å². The Labute approximate surface area is 157 Å². The van der Waals surface area contributed by atoms with E-state index in [-0.39, 0.29) is 12.0 Å². The number of piperidine rings is 1. The van der Waals surface area contributed by atoms with Crippen LogP contribution in [0.25, 0.3) is 10.2 Å². The molecule has 4 nitrogen and oxygen atoms in total. The molecule has 0 aliphatic carbocycles. The summed E-state index contributed by atoms with van der Waals surface area (Å²) in [5, 5.41) is 0.727. The van der Waals surface area contributed by atoms with Crippen molar-refractivity contribution in [2.75, 3.05) is 13.1 Å². The van der Waals surface area contributed by atoms with Gasteiger partial charge in [0.2, 0.25) is 0 Å². The number of para-hydroxylation sites is 1. The van der Waals surface area contributed by atoms with Crippen LogP contribution in [0.1, 0.15) is 34.3 Å². The first-order chi connectivity index (χ1) is 12.6. The maximum Gasteiger partial charge on any atom is 0.274 e. The number of nitrogens with zero attached hydrogens (tertiary/aromatic N) is 2. The SMILES string of the molecule is Cc1cc(C)cc(C(=O)N2CCC(Oc3nc4ccccc4s3)CC2)c1. The van der Waals surface area contributed by atoms with Crippen molar-refractivity contribution in [2.45, 2.75) is 32.8 Å². The minimum atomic E-state index is 0.121. The highest BCUT2D eigenvalue weighted by atomic mass is 32.1. The molecule has 3 aromatic rings. The van der Waals surface area contributed by atoms with Crippen molar-refractivity contribution in [2.24, 2.45) is 0 Å². The summed E-state index contributed by atoms with van der Waals surface area (Å²) < 4.78 is 7.23. The van der Waals surface area contributed by atoms with Crippen LogP contribution in [0.2, 0.25) is 0 Å². The van der Waals surface area contributed by atoms with Gasteiger partial charge in [-0.05, 0) is 38.1 Å². The summed E-state index contributed by atoms with van der Waals surface area (Å²) >= 11 is 1.58. The number of aromatic nitrogens is 1. The summed E-state index contributed by atoms with van der Waals surface area (Å²) in [5.41, 5.74) is 4.02. The molecule has 1 aliphatic heterocycles. The second-order valence-electron chi connectivity index (χ2n) is 6.93. The third-order valence-electron chi connectivity index (χ3n) is 4.74. The molecule has 1 aliphatic rings. The van der Waals surface area contributed by atoms with Crippen molar-refractivity contribution in [3.8, 4) is 5.19 Å². The standard InChI is InChI=1S/C21H22N2O2S/c1-14-11-15(2)13-16(12-14)20(24)23-9-7-17(8-10-23)25-21-22-18-5-3-4-6-19(18)26-21/h3-6,11-13,17H,7-10H2,1-2H3.